The van der Waals surface area contributed by atoms with Crippen LogP contribution < -0.4 is 27.6 Å². The Labute approximate surface area is 205 Å². The third kappa shape index (κ3) is 3.56. The van der Waals surface area contributed by atoms with Crippen LogP contribution in [0.15, 0.2) is 30.1 Å². The van der Waals surface area contributed by atoms with E-state index < -0.39 is 34.8 Å². The highest BCUT2D eigenvalue weighted by atomic mass is 19.2. The molecule has 2 aromatic rings. The van der Waals surface area contributed by atoms with Crippen molar-refractivity contribution in [3.05, 3.63) is 64.2 Å². The van der Waals surface area contributed by atoms with Crippen molar-refractivity contribution in [1.82, 2.24) is 15.3 Å². The molecule has 2 fully saturated rings. The molecule has 3 heterocycles. The number of hydrogen-bond donors (Lipinski definition) is 5. The molecule has 0 spiro atoms. The summed E-state index contributed by atoms with van der Waals surface area (Å²) in [6, 6.07) is 3.07. The van der Waals surface area contributed by atoms with E-state index in [1.165, 1.54) is 12.3 Å². The summed E-state index contributed by atoms with van der Waals surface area (Å²) in [7, 11) is 0. The van der Waals surface area contributed by atoms with Crippen molar-refractivity contribution in [2.24, 2.45) is 23.4 Å². The molecule has 7 N–H and O–H groups in total. The van der Waals surface area contributed by atoms with Gasteiger partial charge in [-0.05, 0) is 42.9 Å². The number of benzene rings is 1. The van der Waals surface area contributed by atoms with E-state index in [4.69, 9.17) is 16.3 Å². The number of ether oxygens (including phenoxy) is 1. The molecule has 3 atom stereocenters. The number of amides is 2. The minimum absolute atomic E-state index is 0.0228. The lowest BCUT2D eigenvalue weighted by molar-refractivity contribution is -0.125. The smallest absolute Gasteiger partial charge is 0.293 e. The number of Topliss-reactive ketones (excluding diaryl/α,β-unsaturated/α-hetero) is 1. The van der Waals surface area contributed by atoms with Crippen molar-refractivity contribution >= 4 is 23.3 Å². The van der Waals surface area contributed by atoms with Crippen LogP contribution in [0.1, 0.15) is 45.1 Å². The summed E-state index contributed by atoms with van der Waals surface area (Å²) in [5.74, 6) is 1.46. The quantitative estimate of drug-likeness (QED) is 0.165. The monoisotopic (exact) mass is 500 g/mol. The Morgan fingerprint density at radius 3 is 2.56 bits per heavy atom. The third-order valence-corrected chi connectivity index (χ3v) is 7.46. The fourth-order valence-corrected chi connectivity index (χ4v) is 5.36. The Hall–Kier alpha value is -3.77. The Morgan fingerprint density at radius 1 is 1.22 bits per heavy atom. The predicted molar refractivity (Wildman–Crippen MR) is 124 cm³/mol. The Kier molecular flexibility index (Phi) is 5.60. The molecule has 1 aromatic carbocycles. The van der Waals surface area contributed by atoms with Crippen molar-refractivity contribution in [3.8, 4) is 0 Å². The van der Waals surface area contributed by atoms with Gasteiger partial charge in [-0.25, -0.2) is 8.78 Å². The molecule has 1 aromatic heterocycles. The number of anilines is 1. The van der Waals surface area contributed by atoms with Gasteiger partial charge in [-0.2, -0.15) is 0 Å². The highest BCUT2D eigenvalue weighted by Gasteiger charge is 2.56. The second-order valence-corrected chi connectivity index (χ2v) is 9.59. The maximum atomic E-state index is 13.7. The normalized spacial score (nSPS) is 23.2. The number of nitrogens with one attached hydrogen (secondary N) is 3. The molecule has 2 unspecified atom stereocenters. The highest BCUT2D eigenvalue weighted by molar-refractivity contribution is 6.44. The van der Waals surface area contributed by atoms with Gasteiger partial charge in [-0.3, -0.25) is 20.2 Å². The fourth-order valence-electron chi connectivity index (χ4n) is 5.36. The number of hydrogen-bond acceptors (Lipinski definition) is 7. The first-order valence-corrected chi connectivity index (χ1v) is 11.5. The molecule has 1 saturated carbocycles. The van der Waals surface area contributed by atoms with Crippen LogP contribution >= 0.6 is 0 Å². The minimum Gasteiger partial charge on any atom is -0.399 e. The van der Waals surface area contributed by atoms with Gasteiger partial charge in [-0.1, -0.05) is 6.92 Å². The van der Waals surface area contributed by atoms with Crippen molar-refractivity contribution in [2.45, 2.75) is 31.8 Å². The van der Waals surface area contributed by atoms with E-state index in [0.29, 0.717) is 23.6 Å². The van der Waals surface area contributed by atoms with Crippen molar-refractivity contribution in [2.75, 3.05) is 18.5 Å². The van der Waals surface area contributed by atoms with E-state index in [-0.39, 0.29) is 47.8 Å². The number of rotatable bonds is 7. The number of fused-ring (bicyclic) bond motifs is 3. The first-order valence-electron chi connectivity index (χ1n) is 11.5. The average Bonchev–Trinajstić information content (AvgIpc) is 3.11. The number of nitrogens with zero attached hydrogens (tertiary/aromatic N) is 1. The molecule has 0 radical (unpaired) electrons. The van der Waals surface area contributed by atoms with Gasteiger partial charge in [-0.15, -0.1) is 0 Å². The van der Waals surface area contributed by atoms with Crippen LogP contribution in [-0.2, 0) is 16.0 Å². The lowest BCUT2D eigenvalue weighted by atomic mass is 9.92. The van der Waals surface area contributed by atoms with Gasteiger partial charge in [0.05, 0.1) is 24.5 Å². The zero-order chi connectivity index (χ0) is 25.9. The number of aromatic nitrogens is 1. The molecule has 10 nitrogen and oxygen atoms in total. The zero-order valence-electron chi connectivity index (χ0n) is 19.7. The number of nitrogens with two attached hydrogens (primary N) is 2. The molecule has 3 aliphatic rings. The van der Waals surface area contributed by atoms with Crippen LogP contribution in [0.3, 0.4) is 0 Å². The van der Waals surface area contributed by atoms with E-state index >= 15 is 0 Å². The van der Waals surface area contributed by atoms with E-state index in [0.717, 1.165) is 12.1 Å². The fraction of sp³-hybridized carbons (Fsp3) is 0.375. The van der Waals surface area contributed by atoms with Crippen LogP contribution in [0.25, 0.3) is 0 Å². The summed E-state index contributed by atoms with van der Waals surface area (Å²) in [4.78, 5) is 39.8. The van der Waals surface area contributed by atoms with E-state index in [2.05, 4.69) is 23.0 Å². The summed E-state index contributed by atoms with van der Waals surface area (Å²) in [6.45, 7) is 3.81. The SMILES string of the molecule is Cc1c(C(=O)C(=O)NC2(/C(N)=C/NN)COC2)c2n(c1C(=O)Nc1ccc(F)c(F)c1)C1C(C2)[C@H]1C. The maximum absolute atomic E-state index is 13.7. The lowest BCUT2D eigenvalue weighted by Crippen LogP contribution is -2.66. The molecule has 1 saturated heterocycles. The minimum atomic E-state index is -1.10. The average molecular weight is 501 g/mol. The maximum Gasteiger partial charge on any atom is 0.293 e. The summed E-state index contributed by atoms with van der Waals surface area (Å²) in [5, 5.41) is 5.24. The van der Waals surface area contributed by atoms with Gasteiger partial charge in [0.15, 0.2) is 11.6 Å². The summed E-state index contributed by atoms with van der Waals surface area (Å²) >= 11 is 0. The number of carbonyl (C=O) groups is 3. The van der Waals surface area contributed by atoms with Crippen molar-refractivity contribution < 1.29 is 27.9 Å². The molecule has 36 heavy (non-hydrogen) atoms. The van der Waals surface area contributed by atoms with Gasteiger partial charge in [0, 0.05) is 29.7 Å². The van der Waals surface area contributed by atoms with Gasteiger partial charge in [0.25, 0.3) is 17.6 Å². The first-order chi connectivity index (χ1) is 17.1. The van der Waals surface area contributed by atoms with Gasteiger partial charge < -0.3 is 31.1 Å². The van der Waals surface area contributed by atoms with Crippen molar-refractivity contribution in [3.63, 3.8) is 0 Å². The van der Waals surface area contributed by atoms with Gasteiger partial charge >= 0.3 is 0 Å². The number of ketones is 1. The number of carbonyl (C=O) groups excluding carboxylic acids is 3. The Balaban J connectivity index is 1.47. The molecule has 1 aliphatic carbocycles. The second-order valence-electron chi connectivity index (χ2n) is 9.59. The highest BCUT2D eigenvalue weighted by Crippen LogP contribution is 2.59. The van der Waals surface area contributed by atoms with Crippen LogP contribution in [0.4, 0.5) is 14.5 Å². The molecular weight excluding hydrogens is 474 g/mol. The second kappa shape index (κ2) is 8.42. The molecule has 12 heteroatoms. The largest absolute Gasteiger partial charge is 0.399 e. The molecular formula is C24H26F2N6O4. The summed E-state index contributed by atoms with van der Waals surface area (Å²) in [5.41, 5.74) is 8.86. The standard InChI is InChI=1S/C24H26F2N6O4/c1-10-13-6-16-18(21(33)23(35)31-24(8-36-9-24)17(27)7-29-28)11(2)20(32(16)19(10)13)22(34)30-12-3-4-14(25)15(26)5-12/h3-5,7,10,13,19,29H,6,8-9,27-28H2,1-2H3,(H,30,34)(H,31,35)/b17-7-/t10-,13?,19?/m1/s1. The van der Waals surface area contributed by atoms with Crippen LogP contribution in [0.5, 0.6) is 0 Å². The zero-order valence-corrected chi connectivity index (χ0v) is 19.7. The van der Waals surface area contributed by atoms with E-state index in [9.17, 15) is 23.2 Å². The van der Waals surface area contributed by atoms with E-state index in [1.807, 2.05) is 4.57 Å². The van der Waals surface area contributed by atoms with Crippen LogP contribution in [0, 0.1) is 30.4 Å². The molecule has 5 rings (SSSR count). The Bertz CT molecular complexity index is 1330. The first kappa shape index (κ1) is 23.9. The molecule has 190 valence electrons. The number of halogens is 2. The topological polar surface area (TPSA) is 154 Å². The van der Waals surface area contributed by atoms with Gasteiger partial charge in [0.1, 0.15) is 11.2 Å². The Morgan fingerprint density at radius 2 is 1.94 bits per heavy atom. The number of hydrazine groups is 1. The lowest BCUT2D eigenvalue weighted by Gasteiger charge is -2.42. The van der Waals surface area contributed by atoms with Gasteiger partial charge in [0.2, 0.25) is 0 Å². The van der Waals surface area contributed by atoms with Crippen LogP contribution in [-0.4, -0.2) is 40.9 Å². The third-order valence-electron chi connectivity index (χ3n) is 7.46. The molecule has 0 bridgehead atoms. The van der Waals surface area contributed by atoms with E-state index in [1.54, 1.807) is 6.92 Å². The van der Waals surface area contributed by atoms with Crippen LogP contribution in [0.2, 0.25) is 0 Å². The summed E-state index contributed by atoms with van der Waals surface area (Å²) in [6.07, 6.45) is 1.86. The molecule has 2 aliphatic heterocycles. The summed E-state index contributed by atoms with van der Waals surface area (Å²) < 4.78 is 34.0. The molecule has 2 amide bonds. The predicted octanol–water partition coefficient (Wildman–Crippen LogP) is 1.02. The van der Waals surface area contributed by atoms with Crippen molar-refractivity contribution in [1.29, 1.82) is 0 Å².